The van der Waals surface area contributed by atoms with E-state index in [1.807, 2.05) is 0 Å². The van der Waals surface area contributed by atoms with E-state index >= 15 is 0 Å². The average molecular weight is 178 g/mol. The first-order valence-electron chi connectivity index (χ1n) is 4.40. The normalized spacial score (nSPS) is 31.6. The monoisotopic (exact) mass is 177 g/mol. The molecule has 0 aromatic carbocycles. The van der Waals surface area contributed by atoms with Gasteiger partial charge in [-0.1, -0.05) is 20.3 Å². The molecule has 0 amide bonds. The van der Waals surface area contributed by atoms with E-state index in [1.165, 1.54) is 25.8 Å². The summed E-state index contributed by atoms with van der Waals surface area (Å²) < 4.78 is 0. The molecule has 0 aromatic rings. The molecule has 0 spiro atoms. The lowest BCUT2D eigenvalue weighted by molar-refractivity contribution is 0.206. The topological polar surface area (TPSA) is 12.0 Å². The molecular formula is C9H20ClN. The van der Waals surface area contributed by atoms with Gasteiger partial charge in [-0.25, -0.2) is 0 Å². The zero-order valence-corrected chi connectivity index (χ0v) is 8.63. The van der Waals surface area contributed by atoms with E-state index in [-0.39, 0.29) is 12.4 Å². The zero-order valence-electron chi connectivity index (χ0n) is 7.81. The number of nitrogens with one attached hydrogen (secondary N) is 1. The van der Waals surface area contributed by atoms with Crippen molar-refractivity contribution in [1.82, 2.24) is 5.32 Å². The highest BCUT2D eigenvalue weighted by atomic mass is 35.5. The second kappa shape index (κ2) is 4.32. The van der Waals surface area contributed by atoms with Crippen LogP contribution in [0.1, 0.15) is 40.0 Å². The quantitative estimate of drug-likeness (QED) is 0.650. The fraction of sp³-hybridized carbons (Fsp3) is 1.00. The minimum Gasteiger partial charge on any atom is -0.311 e. The maximum atomic E-state index is 3.59. The predicted molar refractivity (Wildman–Crippen MR) is 52.3 cm³/mol. The van der Waals surface area contributed by atoms with Gasteiger partial charge >= 0.3 is 0 Å². The molecule has 1 nitrogen and oxygen atoms in total. The van der Waals surface area contributed by atoms with Crippen LogP contribution >= 0.6 is 12.4 Å². The van der Waals surface area contributed by atoms with Crippen molar-refractivity contribution in [3.63, 3.8) is 0 Å². The highest BCUT2D eigenvalue weighted by molar-refractivity contribution is 5.85. The molecule has 0 saturated carbocycles. The van der Waals surface area contributed by atoms with Crippen molar-refractivity contribution in [3.8, 4) is 0 Å². The summed E-state index contributed by atoms with van der Waals surface area (Å²) in [6.07, 6.45) is 4.12. The van der Waals surface area contributed by atoms with Gasteiger partial charge in [-0.3, -0.25) is 0 Å². The summed E-state index contributed by atoms with van der Waals surface area (Å²) in [6, 6.07) is 0. The van der Waals surface area contributed by atoms with Gasteiger partial charge in [0.1, 0.15) is 0 Å². The third kappa shape index (κ3) is 2.64. The molecule has 1 aliphatic heterocycles. The Morgan fingerprint density at radius 3 is 2.18 bits per heavy atom. The minimum atomic E-state index is 0. The molecule has 1 rings (SSSR count). The minimum absolute atomic E-state index is 0. The van der Waals surface area contributed by atoms with E-state index in [9.17, 15) is 0 Å². The van der Waals surface area contributed by atoms with Gasteiger partial charge in [0, 0.05) is 5.54 Å². The Kier molecular flexibility index (Phi) is 4.42. The summed E-state index contributed by atoms with van der Waals surface area (Å²) in [5.41, 5.74) is 0.429. The van der Waals surface area contributed by atoms with Gasteiger partial charge in [0.15, 0.2) is 0 Å². The Labute approximate surface area is 76.4 Å². The van der Waals surface area contributed by atoms with E-state index < -0.39 is 0 Å². The fourth-order valence-electron chi connectivity index (χ4n) is 1.57. The van der Waals surface area contributed by atoms with E-state index in [4.69, 9.17) is 0 Å². The van der Waals surface area contributed by atoms with Crippen molar-refractivity contribution in [3.05, 3.63) is 0 Å². The first kappa shape index (κ1) is 11.2. The molecule has 2 heteroatoms. The van der Waals surface area contributed by atoms with Crippen molar-refractivity contribution in [2.24, 2.45) is 5.92 Å². The van der Waals surface area contributed by atoms with Crippen molar-refractivity contribution >= 4 is 12.4 Å². The molecule has 0 radical (unpaired) electrons. The van der Waals surface area contributed by atoms with E-state index in [0.717, 1.165) is 5.92 Å². The van der Waals surface area contributed by atoms with Crippen LogP contribution in [0.3, 0.4) is 0 Å². The van der Waals surface area contributed by atoms with Crippen molar-refractivity contribution in [1.29, 1.82) is 0 Å². The maximum Gasteiger partial charge on any atom is 0.0176 e. The molecule has 1 N–H and O–H groups in total. The fourth-order valence-corrected chi connectivity index (χ4v) is 1.57. The number of hydrogen-bond donors (Lipinski definition) is 1. The molecule has 11 heavy (non-hydrogen) atoms. The predicted octanol–water partition coefficient (Wildman–Crippen LogP) is 2.60. The first-order chi connectivity index (χ1) is 4.65. The Morgan fingerprint density at radius 2 is 1.91 bits per heavy atom. The summed E-state index contributed by atoms with van der Waals surface area (Å²) in [4.78, 5) is 0. The number of piperidine rings is 1. The summed E-state index contributed by atoms with van der Waals surface area (Å²) in [6.45, 7) is 8.17. The van der Waals surface area contributed by atoms with E-state index in [0.29, 0.717) is 5.54 Å². The number of rotatable bonds is 1. The molecule has 68 valence electrons. The van der Waals surface area contributed by atoms with Crippen LogP contribution in [0.15, 0.2) is 0 Å². The largest absolute Gasteiger partial charge is 0.311 e. The van der Waals surface area contributed by atoms with Gasteiger partial charge in [0.2, 0.25) is 0 Å². The van der Waals surface area contributed by atoms with Crippen LogP contribution in [-0.2, 0) is 0 Å². The molecule has 1 aliphatic rings. The highest BCUT2D eigenvalue weighted by Gasteiger charge is 2.28. The molecule has 1 heterocycles. The van der Waals surface area contributed by atoms with Gasteiger partial charge in [0.25, 0.3) is 0 Å². The van der Waals surface area contributed by atoms with Crippen LogP contribution in [0.25, 0.3) is 0 Å². The Balaban J connectivity index is 0.000001000. The lowest BCUT2D eigenvalue weighted by Crippen LogP contribution is -2.49. The molecule has 0 aromatic heterocycles. The summed E-state index contributed by atoms with van der Waals surface area (Å²) >= 11 is 0. The van der Waals surface area contributed by atoms with Gasteiger partial charge in [-0.05, 0) is 32.2 Å². The third-order valence-corrected chi connectivity index (χ3v) is 2.93. The first-order valence-corrected chi connectivity index (χ1v) is 4.40. The number of hydrogen-bond acceptors (Lipinski definition) is 1. The van der Waals surface area contributed by atoms with Crippen LogP contribution in [0, 0.1) is 5.92 Å². The molecular weight excluding hydrogens is 158 g/mol. The summed E-state index contributed by atoms with van der Waals surface area (Å²) in [7, 11) is 0. The van der Waals surface area contributed by atoms with Gasteiger partial charge in [-0.2, -0.15) is 0 Å². The van der Waals surface area contributed by atoms with Crippen molar-refractivity contribution in [2.75, 3.05) is 6.54 Å². The van der Waals surface area contributed by atoms with E-state index in [2.05, 4.69) is 26.1 Å². The maximum absolute atomic E-state index is 3.59. The Morgan fingerprint density at radius 1 is 1.27 bits per heavy atom. The SMILES string of the molecule is CC(C)C1(C)CCCCN1.Cl. The van der Waals surface area contributed by atoms with Gasteiger partial charge < -0.3 is 5.32 Å². The summed E-state index contributed by atoms with van der Waals surface area (Å²) in [5, 5.41) is 3.59. The average Bonchev–Trinajstić information content (AvgIpc) is 1.89. The lowest BCUT2D eigenvalue weighted by atomic mass is 9.81. The molecule has 0 aliphatic carbocycles. The van der Waals surface area contributed by atoms with Gasteiger partial charge in [-0.15, -0.1) is 12.4 Å². The third-order valence-electron chi connectivity index (χ3n) is 2.93. The Bertz CT molecular complexity index is 106. The molecule has 1 unspecified atom stereocenters. The number of halogens is 1. The molecule has 0 bridgehead atoms. The van der Waals surface area contributed by atoms with E-state index in [1.54, 1.807) is 0 Å². The summed E-state index contributed by atoms with van der Waals surface area (Å²) in [5.74, 6) is 0.771. The lowest BCUT2D eigenvalue weighted by Gasteiger charge is -2.38. The van der Waals surface area contributed by atoms with Crippen LogP contribution in [0.2, 0.25) is 0 Å². The second-order valence-corrected chi connectivity index (χ2v) is 3.96. The molecule has 1 saturated heterocycles. The molecule has 1 atom stereocenters. The van der Waals surface area contributed by atoms with Crippen LogP contribution in [0.5, 0.6) is 0 Å². The standard InChI is InChI=1S/C9H19N.ClH/c1-8(2)9(3)6-4-5-7-10-9;/h8,10H,4-7H2,1-3H3;1H. The van der Waals surface area contributed by atoms with Crippen molar-refractivity contribution in [2.45, 2.75) is 45.6 Å². The smallest absolute Gasteiger partial charge is 0.0176 e. The van der Waals surface area contributed by atoms with Crippen LogP contribution in [-0.4, -0.2) is 12.1 Å². The van der Waals surface area contributed by atoms with Gasteiger partial charge in [0.05, 0.1) is 0 Å². The van der Waals surface area contributed by atoms with Crippen molar-refractivity contribution < 1.29 is 0 Å². The highest BCUT2D eigenvalue weighted by Crippen LogP contribution is 2.25. The second-order valence-electron chi connectivity index (χ2n) is 3.96. The Hall–Kier alpha value is 0.250. The zero-order chi connectivity index (χ0) is 7.61. The van der Waals surface area contributed by atoms with Crippen LogP contribution < -0.4 is 5.32 Å². The van der Waals surface area contributed by atoms with Crippen LogP contribution in [0.4, 0.5) is 0 Å². The molecule has 1 fully saturated rings.